The molecule has 5 heteroatoms. The van der Waals surface area contributed by atoms with Gasteiger partial charge in [-0.05, 0) is 61.9 Å². The smallest absolute Gasteiger partial charge is 0.255 e. The molecule has 1 N–H and O–H groups in total. The standard InChI is InChI=1S/C25H22N2O3/c1-17-18(2)30-25(26-17)21-9-6-10-22(15-21)27-24(28)20-11-13-23(14-12-20)29-16-19-7-4-3-5-8-19/h3-15H,16H2,1-2H3,(H,27,28). The van der Waals surface area contributed by atoms with Crippen LogP contribution in [0.1, 0.15) is 27.4 Å². The number of hydrogen-bond acceptors (Lipinski definition) is 4. The first-order valence-electron chi connectivity index (χ1n) is 9.71. The first-order chi connectivity index (χ1) is 14.6. The van der Waals surface area contributed by atoms with Gasteiger partial charge in [0.1, 0.15) is 18.1 Å². The van der Waals surface area contributed by atoms with Crippen LogP contribution in [0.4, 0.5) is 5.69 Å². The van der Waals surface area contributed by atoms with E-state index >= 15 is 0 Å². The maximum atomic E-state index is 12.6. The molecule has 0 aliphatic rings. The summed E-state index contributed by atoms with van der Waals surface area (Å²) in [5, 5.41) is 2.92. The molecule has 0 fully saturated rings. The van der Waals surface area contributed by atoms with Crippen molar-refractivity contribution in [2.45, 2.75) is 20.5 Å². The summed E-state index contributed by atoms with van der Waals surface area (Å²) in [4.78, 5) is 17.0. The predicted molar refractivity (Wildman–Crippen MR) is 117 cm³/mol. The molecule has 5 nitrogen and oxygen atoms in total. The van der Waals surface area contributed by atoms with E-state index < -0.39 is 0 Å². The molecule has 4 rings (SSSR count). The minimum Gasteiger partial charge on any atom is -0.489 e. The maximum Gasteiger partial charge on any atom is 0.255 e. The van der Waals surface area contributed by atoms with Gasteiger partial charge in [-0.25, -0.2) is 4.98 Å². The number of carbonyl (C=O) groups is 1. The van der Waals surface area contributed by atoms with Gasteiger partial charge in [0.25, 0.3) is 5.91 Å². The number of rotatable bonds is 6. The van der Waals surface area contributed by atoms with E-state index in [1.807, 2.05) is 68.4 Å². The number of nitrogens with zero attached hydrogens (tertiary/aromatic N) is 1. The monoisotopic (exact) mass is 398 g/mol. The van der Waals surface area contributed by atoms with Crippen LogP contribution in [0.3, 0.4) is 0 Å². The van der Waals surface area contributed by atoms with E-state index in [0.717, 1.165) is 22.6 Å². The number of anilines is 1. The van der Waals surface area contributed by atoms with E-state index in [1.165, 1.54) is 0 Å². The lowest BCUT2D eigenvalue weighted by atomic mass is 10.1. The molecule has 0 aliphatic heterocycles. The fraction of sp³-hybridized carbons (Fsp3) is 0.120. The number of ether oxygens (including phenoxy) is 1. The van der Waals surface area contributed by atoms with Gasteiger partial charge in [-0.1, -0.05) is 36.4 Å². The minimum atomic E-state index is -0.193. The average molecular weight is 398 g/mol. The minimum absolute atomic E-state index is 0.193. The lowest BCUT2D eigenvalue weighted by Gasteiger charge is -2.09. The van der Waals surface area contributed by atoms with E-state index in [9.17, 15) is 4.79 Å². The van der Waals surface area contributed by atoms with Crippen LogP contribution in [0.25, 0.3) is 11.5 Å². The third-order valence-corrected chi connectivity index (χ3v) is 4.76. The third-order valence-electron chi connectivity index (χ3n) is 4.76. The molecule has 4 aromatic rings. The highest BCUT2D eigenvalue weighted by Gasteiger charge is 2.11. The number of amides is 1. The van der Waals surface area contributed by atoms with Gasteiger partial charge in [0.05, 0.1) is 5.69 Å². The topological polar surface area (TPSA) is 64.4 Å². The van der Waals surface area contributed by atoms with Crippen molar-refractivity contribution in [3.05, 3.63) is 101 Å². The summed E-state index contributed by atoms with van der Waals surface area (Å²) in [6, 6.07) is 24.5. The highest BCUT2D eigenvalue weighted by molar-refractivity contribution is 6.04. The van der Waals surface area contributed by atoms with Crippen molar-refractivity contribution < 1.29 is 13.9 Å². The Balaban J connectivity index is 1.40. The molecule has 0 saturated carbocycles. The molecular formula is C25H22N2O3. The van der Waals surface area contributed by atoms with Crippen LogP contribution < -0.4 is 10.1 Å². The van der Waals surface area contributed by atoms with Crippen LogP contribution in [0.5, 0.6) is 5.75 Å². The molecule has 30 heavy (non-hydrogen) atoms. The van der Waals surface area contributed by atoms with Gasteiger partial charge in [-0.2, -0.15) is 0 Å². The first-order valence-corrected chi connectivity index (χ1v) is 9.71. The zero-order chi connectivity index (χ0) is 20.9. The van der Waals surface area contributed by atoms with Crippen LogP contribution in [0.2, 0.25) is 0 Å². The van der Waals surface area contributed by atoms with Crippen molar-refractivity contribution in [1.29, 1.82) is 0 Å². The van der Waals surface area contributed by atoms with Gasteiger partial charge in [0.2, 0.25) is 5.89 Å². The fourth-order valence-corrected chi connectivity index (χ4v) is 2.97. The average Bonchev–Trinajstić information content (AvgIpc) is 3.12. The summed E-state index contributed by atoms with van der Waals surface area (Å²) in [5.41, 5.74) is 3.99. The van der Waals surface area contributed by atoms with Crippen molar-refractivity contribution in [1.82, 2.24) is 4.98 Å². The van der Waals surface area contributed by atoms with Crippen LogP contribution in [-0.2, 0) is 6.61 Å². The molecule has 0 unspecified atom stereocenters. The molecule has 0 radical (unpaired) electrons. The van der Waals surface area contributed by atoms with Gasteiger partial charge >= 0.3 is 0 Å². The molecule has 3 aromatic carbocycles. The number of benzene rings is 3. The van der Waals surface area contributed by atoms with Crippen LogP contribution in [-0.4, -0.2) is 10.9 Å². The molecule has 1 heterocycles. The molecule has 0 atom stereocenters. The normalized spacial score (nSPS) is 10.6. The number of aryl methyl sites for hydroxylation is 2. The summed E-state index contributed by atoms with van der Waals surface area (Å²) >= 11 is 0. The quantitative estimate of drug-likeness (QED) is 0.446. The Morgan fingerprint density at radius 1 is 0.967 bits per heavy atom. The Hall–Kier alpha value is -3.86. The second-order valence-electron chi connectivity index (χ2n) is 6.99. The Morgan fingerprint density at radius 3 is 2.43 bits per heavy atom. The number of carbonyl (C=O) groups excluding carboxylic acids is 1. The molecule has 150 valence electrons. The molecule has 0 spiro atoms. The molecule has 0 bridgehead atoms. The van der Waals surface area contributed by atoms with Crippen molar-refractivity contribution in [2.75, 3.05) is 5.32 Å². The number of nitrogens with one attached hydrogen (secondary N) is 1. The van der Waals surface area contributed by atoms with Crippen molar-refractivity contribution in [3.63, 3.8) is 0 Å². The van der Waals surface area contributed by atoms with Crippen molar-refractivity contribution in [2.24, 2.45) is 0 Å². The van der Waals surface area contributed by atoms with Crippen LogP contribution >= 0.6 is 0 Å². The summed E-state index contributed by atoms with van der Waals surface area (Å²) in [7, 11) is 0. The van der Waals surface area contributed by atoms with E-state index in [0.29, 0.717) is 29.5 Å². The van der Waals surface area contributed by atoms with Gasteiger partial charge in [0, 0.05) is 16.8 Å². The largest absolute Gasteiger partial charge is 0.489 e. The molecular weight excluding hydrogens is 376 g/mol. The lowest BCUT2D eigenvalue weighted by Crippen LogP contribution is -2.11. The Kier molecular flexibility index (Phi) is 5.61. The SMILES string of the molecule is Cc1nc(-c2cccc(NC(=O)c3ccc(OCc4ccccc4)cc3)c2)oc1C. The van der Waals surface area contributed by atoms with Gasteiger partial charge in [-0.15, -0.1) is 0 Å². The lowest BCUT2D eigenvalue weighted by molar-refractivity contribution is 0.102. The molecule has 1 aromatic heterocycles. The van der Waals surface area contributed by atoms with Crippen LogP contribution in [0, 0.1) is 13.8 Å². The highest BCUT2D eigenvalue weighted by atomic mass is 16.5. The van der Waals surface area contributed by atoms with E-state index in [-0.39, 0.29) is 5.91 Å². The maximum absolute atomic E-state index is 12.6. The Morgan fingerprint density at radius 2 is 1.73 bits per heavy atom. The summed E-state index contributed by atoms with van der Waals surface area (Å²) in [6.07, 6.45) is 0. The molecule has 0 saturated heterocycles. The van der Waals surface area contributed by atoms with E-state index in [4.69, 9.17) is 9.15 Å². The number of hydrogen-bond donors (Lipinski definition) is 1. The molecule has 0 aliphatic carbocycles. The van der Waals surface area contributed by atoms with Gasteiger partial charge in [0.15, 0.2) is 0 Å². The van der Waals surface area contributed by atoms with E-state index in [2.05, 4.69) is 10.3 Å². The van der Waals surface area contributed by atoms with Gasteiger partial charge < -0.3 is 14.5 Å². The zero-order valence-corrected chi connectivity index (χ0v) is 16.9. The Bertz CT molecular complexity index is 1130. The zero-order valence-electron chi connectivity index (χ0n) is 16.9. The summed E-state index contributed by atoms with van der Waals surface area (Å²) in [6.45, 7) is 4.27. The van der Waals surface area contributed by atoms with Crippen molar-refractivity contribution in [3.8, 4) is 17.2 Å². The summed E-state index contributed by atoms with van der Waals surface area (Å²) < 4.78 is 11.4. The second-order valence-corrected chi connectivity index (χ2v) is 6.99. The van der Waals surface area contributed by atoms with E-state index in [1.54, 1.807) is 24.3 Å². The third kappa shape index (κ3) is 4.58. The Labute approximate surface area is 175 Å². The fourth-order valence-electron chi connectivity index (χ4n) is 2.97. The molecule has 1 amide bonds. The number of oxazole rings is 1. The van der Waals surface area contributed by atoms with Crippen LogP contribution in [0.15, 0.2) is 83.3 Å². The van der Waals surface area contributed by atoms with Crippen molar-refractivity contribution >= 4 is 11.6 Å². The van der Waals surface area contributed by atoms with Gasteiger partial charge in [-0.3, -0.25) is 4.79 Å². The summed E-state index contributed by atoms with van der Waals surface area (Å²) in [5.74, 6) is 1.85. The first kappa shape index (κ1) is 19.5. The predicted octanol–water partition coefficient (Wildman–Crippen LogP) is 5.79. The number of aromatic nitrogens is 1. The highest BCUT2D eigenvalue weighted by Crippen LogP contribution is 2.24. The second kappa shape index (κ2) is 8.66.